The maximum Gasteiger partial charge on any atom is 0.257 e. The van der Waals surface area contributed by atoms with Gasteiger partial charge in [0.15, 0.2) is 11.5 Å². The van der Waals surface area contributed by atoms with Gasteiger partial charge < -0.3 is 19.1 Å². The number of hydrogen-bond donors (Lipinski definition) is 0. The maximum atomic E-state index is 12.9. The van der Waals surface area contributed by atoms with Gasteiger partial charge in [-0.2, -0.15) is 0 Å². The molecule has 0 aromatic heterocycles. The van der Waals surface area contributed by atoms with Gasteiger partial charge in [0.25, 0.3) is 5.91 Å². The molecule has 1 atom stereocenters. The molecule has 5 heteroatoms. The number of benzene rings is 2. The van der Waals surface area contributed by atoms with Crippen molar-refractivity contribution in [2.24, 2.45) is 0 Å². The van der Waals surface area contributed by atoms with Gasteiger partial charge in [0, 0.05) is 13.1 Å². The summed E-state index contributed by atoms with van der Waals surface area (Å²) in [5, 5.41) is 0. The van der Waals surface area contributed by atoms with E-state index in [1.165, 1.54) is 5.56 Å². The van der Waals surface area contributed by atoms with E-state index in [9.17, 15) is 4.79 Å². The van der Waals surface area contributed by atoms with Crippen molar-refractivity contribution in [1.29, 1.82) is 0 Å². The molecule has 2 aromatic carbocycles. The molecular weight excluding hydrogens is 318 g/mol. The highest BCUT2D eigenvalue weighted by molar-refractivity contribution is 5.98. The van der Waals surface area contributed by atoms with E-state index in [1.54, 1.807) is 6.07 Å². The van der Waals surface area contributed by atoms with Crippen LogP contribution in [0.5, 0.6) is 11.5 Å². The van der Waals surface area contributed by atoms with Gasteiger partial charge in [0.1, 0.15) is 0 Å². The molecule has 1 unspecified atom stereocenters. The summed E-state index contributed by atoms with van der Waals surface area (Å²) in [7, 11) is 0. The highest BCUT2D eigenvalue weighted by Crippen LogP contribution is 2.36. The number of carbonyl (C=O) groups excluding carboxylic acids is 1. The number of carbonyl (C=O) groups is 1. The SMILES string of the molecule is O=C(c1cccc2c1OCO2)N1CCOC(CCc2ccccc2)C1. The Bertz CT molecular complexity index is 747. The van der Waals surface area contributed by atoms with Gasteiger partial charge in [-0.15, -0.1) is 0 Å². The molecule has 2 heterocycles. The minimum atomic E-state index is -0.0182. The first kappa shape index (κ1) is 16.0. The van der Waals surface area contributed by atoms with E-state index in [4.69, 9.17) is 14.2 Å². The summed E-state index contributed by atoms with van der Waals surface area (Å²) in [5.74, 6) is 1.18. The Hall–Kier alpha value is -2.53. The molecule has 2 aliphatic heterocycles. The zero-order valence-electron chi connectivity index (χ0n) is 14.0. The second kappa shape index (κ2) is 7.15. The number of para-hydroxylation sites is 1. The minimum Gasteiger partial charge on any atom is -0.454 e. The summed E-state index contributed by atoms with van der Waals surface area (Å²) < 4.78 is 16.7. The molecule has 0 radical (unpaired) electrons. The predicted octanol–water partition coefficient (Wildman–Crippen LogP) is 2.89. The van der Waals surface area contributed by atoms with Crippen LogP contribution in [0.15, 0.2) is 48.5 Å². The molecule has 0 spiro atoms. The van der Waals surface area contributed by atoms with Crippen molar-refractivity contribution in [2.45, 2.75) is 18.9 Å². The summed E-state index contributed by atoms with van der Waals surface area (Å²) >= 11 is 0. The maximum absolute atomic E-state index is 12.9. The normalized spacial score (nSPS) is 19.0. The van der Waals surface area contributed by atoms with Gasteiger partial charge >= 0.3 is 0 Å². The summed E-state index contributed by atoms with van der Waals surface area (Å²) in [6, 6.07) is 15.8. The topological polar surface area (TPSA) is 48.0 Å². The molecule has 0 saturated carbocycles. The van der Waals surface area contributed by atoms with Gasteiger partial charge in [-0.3, -0.25) is 4.79 Å². The number of ether oxygens (including phenoxy) is 3. The molecule has 0 bridgehead atoms. The first-order valence-corrected chi connectivity index (χ1v) is 8.64. The van der Waals surface area contributed by atoms with E-state index in [1.807, 2.05) is 35.2 Å². The Balaban J connectivity index is 1.41. The molecule has 130 valence electrons. The van der Waals surface area contributed by atoms with Crippen LogP contribution in [-0.4, -0.2) is 43.4 Å². The fraction of sp³-hybridized carbons (Fsp3) is 0.350. The lowest BCUT2D eigenvalue weighted by Crippen LogP contribution is -2.45. The van der Waals surface area contributed by atoms with Gasteiger partial charge in [-0.1, -0.05) is 36.4 Å². The fourth-order valence-corrected chi connectivity index (χ4v) is 3.32. The molecule has 1 saturated heterocycles. The summed E-state index contributed by atoms with van der Waals surface area (Å²) in [4.78, 5) is 14.8. The van der Waals surface area contributed by atoms with E-state index in [2.05, 4.69) is 12.1 Å². The second-order valence-corrected chi connectivity index (χ2v) is 6.31. The van der Waals surface area contributed by atoms with Crippen LogP contribution in [0.1, 0.15) is 22.3 Å². The molecule has 2 aromatic rings. The lowest BCUT2D eigenvalue weighted by Gasteiger charge is -2.33. The number of nitrogens with zero attached hydrogens (tertiary/aromatic N) is 1. The van der Waals surface area contributed by atoms with Crippen LogP contribution in [-0.2, 0) is 11.2 Å². The number of aryl methyl sites for hydroxylation is 1. The second-order valence-electron chi connectivity index (χ2n) is 6.31. The molecule has 4 rings (SSSR count). The molecule has 1 amide bonds. The molecule has 0 N–H and O–H groups in total. The van der Waals surface area contributed by atoms with E-state index < -0.39 is 0 Å². The number of rotatable bonds is 4. The van der Waals surface area contributed by atoms with Gasteiger partial charge in [-0.05, 0) is 30.5 Å². The third kappa shape index (κ3) is 3.46. The molecule has 1 fully saturated rings. The minimum absolute atomic E-state index is 0.0182. The number of morpholine rings is 1. The standard InChI is InChI=1S/C20H21NO4/c22-20(17-7-4-8-18-19(17)25-14-24-18)21-11-12-23-16(13-21)10-9-15-5-2-1-3-6-15/h1-8,16H,9-14H2. The zero-order valence-corrected chi connectivity index (χ0v) is 14.0. The molecule has 0 aliphatic carbocycles. The van der Waals surface area contributed by atoms with Crippen molar-refractivity contribution in [1.82, 2.24) is 4.90 Å². The quantitative estimate of drug-likeness (QED) is 0.859. The van der Waals surface area contributed by atoms with Crippen LogP contribution in [0.25, 0.3) is 0 Å². The Kier molecular flexibility index (Phi) is 4.57. The van der Waals surface area contributed by atoms with Crippen LogP contribution < -0.4 is 9.47 Å². The lowest BCUT2D eigenvalue weighted by molar-refractivity contribution is -0.0246. The molecule has 2 aliphatic rings. The van der Waals surface area contributed by atoms with Crippen LogP contribution in [0.4, 0.5) is 0 Å². The third-order valence-electron chi connectivity index (χ3n) is 4.65. The summed E-state index contributed by atoms with van der Waals surface area (Å²) in [6.45, 7) is 1.95. The van der Waals surface area contributed by atoms with E-state index in [0.717, 1.165) is 12.8 Å². The van der Waals surface area contributed by atoms with E-state index in [-0.39, 0.29) is 18.8 Å². The Morgan fingerprint density at radius 3 is 2.84 bits per heavy atom. The van der Waals surface area contributed by atoms with Gasteiger partial charge in [-0.25, -0.2) is 0 Å². The van der Waals surface area contributed by atoms with E-state index >= 15 is 0 Å². The van der Waals surface area contributed by atoms with Gasteiger partial charge in [0.2, 0.25) is 6.79 Å². The van der Waals surface area contributed by atoms with E-state index in [0.29, 0.717) is 36.8 Å². The Morgan fingerprint density at radius 2 is 1.96 bits per heavy atom. The molecule has 5 nitrogen and oxygen atoms in total. The predicted molar refractivity (Wildman–Crippen MR) is 93.0 cm³/mol. The molecular formula is C20H21NO4. The number of amides is 1. The van der Waals surface area contributed by atoms with Crippen LogP contribution in [0.2, 0.25) is 0 Å². The van der Waals surface area contributed by atoms with Crippen molar-refractivity contribution in [2.75, 3.05) is 26.5 Å². The monoisotopic (exact) mass is 339 g/mol. The van der Waals surface area contributed by atoms with Crippen molar-refractivity contribution in [3.8, 4) is 11.5 Å². The van der Waals surface area contributed by atoms with Crippen LogP contribution in [0, 0.1) is 0 Å². The first-order valence-electron chi connectivity index (χ1n) is 8.64. The summed E-state index contributed by atoms with van der Waals surface area (Å²) in [6.07, 6.45) is 1.91. The van der Waals surface area contributed by atoms with Crippen molar-refractivity contribution < 1.29 is 19.0 Å². The van der Waals surface area contributed by atoms with Crippen LogP contribution >= 0.6 is 0 Å². The number of fused-ring (bicyclic) bond motifs is 1. The van der Waals surface area contributed by atoms with Crippen LogP contribution in [0.3, 0.4) is 0 Å². The fourth-order valence-electron chi connectivity index (χ4n) is 3.32. The zero-order chi connectivity index (χ0) is 17.1. The summed E-state index contributed by atoms with van der Waals surface area (Å²) in [5.41, 5.74) is 1.86. The van der Waals surface area contributed by atoms with Crippen molar-refractivity contribution >= 4 is 5.91 Å². The first-order chi connectivity index (χ1) is 12.3. The average Bonchev–Trinajstić information content (AvgIpc) is 3.16. The smallest absolute Gasteiger partial charge is 0.257 e. The highest BCUT2D eigenvalue weighted by Gasteiger charge is 2.29. The molecule has 25 heavy (non-hydrogen) atoms. The average molecular weight is 339 g/mol. The third-order valence-corrected chi connectivity index (χ3v) is 4.65. The van der Waals surface area contributed by atoms with Gasteiger partial charge in [0.05, 0.1) is 18.3 Å². The van der Waals surface area contributed by atoms with Crippen molar-refractivity contribution in [3.05, 3.63) is 59.7 Å². The highest BCUT2D eigenvalue weighted by atomic mass is 16.7. The largest absolute Gasteiger partial charge is 0.454 e. The lowest BCUT2D eigenvalue weighted by atomic mass is 10.1. The van der Waals surface area contributed by atoms with Crippen molar-refractivity contribution in [3.63, 3.8) is 0 Å². The Labute approximate surface area is 147 Å². The Morgan fingerprint density at radius 1 is 1.08 bits per heavy atom. The number of hydrogen-bond acceptors (Lipinski definition) is 4.